The number of benzene rings is 1. The molecule has 33 heavy (non-hydrogen) atoms. The van der Waals surface area contributed by atoms with Gasteiger partial charge in [0.2, 0.25) is 0 Å². The Hall–Kier alpha value is -3.70. The van der Waals surface area contributed by atoms with E-state index < -0.39 is 30.6 Å². The Morgan fingerprint density at radius 2 is 2.03 bits per heavy atom. The molecule has 1 aliphatic heterocycles. The summed E-state index contributed by atoms with van der Waals surface area (Å²) in [6.45, 7) is 7.60. The quantitative estimate of drug-likeness (QED) is 0.266. The molecule has 0 unspecified atom stereocenters. The Kier molecular flexibility index (Phi) is 9.13. The molecule has 0 spiro atoms. The van der Waals surface area contributed by atoms with Gasteiger partial charge in [0.05, 0.1) is 25.3 Å². The van der Waals surface area contributed by atoms with Crippen molar-refractivity contribution in [1.82, 2.24) is 21.3 Å². The molecule has 0 saturated heterocycles. The van der Waals surface area contributed by atoms with Crippen LogP contribution in [0.2, 0.25) is 0 Å². The van der Waals surface area contributed by atoms with Gasteiger partial charge in [-0.05, 0) is 17.5 Å². The van der Waals surface area contributed by atoms with E-state index in [0.29, 0.717) is 24.9 Å². The number of nitrogens with zero attached hydrogens (tertiary/aromatic N) is 1. The van der Waals surface area contributed by atoms with Gasteiger partial charge in [0.15, 0.2) is 5.96 Å². The highest BCUT2D eigenvalue weighted by Crippen LogP contribution is 2.23. The number of alkyl carbamates (subject to hydrolysis) is 1. The summed E-state index contributed by atoms with van der Waals surface area (Å²) in [6, 6.07) is 2.75. The second-order valence-electron chi connectivity index (χ2n) is 8.49. The molecule has 0 saturated carbocycles. The van der Waals surface area contributed by atoms with Gasteiger partial charge in [-0.3, -0.25) is 9.79 Å². The molecule has 182 valence electrons. The zero-order chi connectivity index (χ0) is 24.4. The fourth-order valence-electron chi connectivity index (χ4n) is 2.60. The molecule has 1 atom stereocenters. The Labute approximate surface area is 191 Å². The van der Waals surface area contributed by atoms with Crippen molar-refractivity contribution in [3.63, 3.8) is 0 Å². The minimum Gasteiger partial charge on any atom is -0.507 e. The van der Waals surface area contributed by atoms with Crippen LogP contribution in [0.4, 0.5) is 4.79 Å². The lowest BCUT2D eigenvalue weighted by Crippen LogP contribution is -2.48. The van der Waals surface area contributed by atoms with E-state index in [1.54, 1.807) is 0 Å². The second-order valence-corrected chi connectivity index (χ2v) is 8.49. The Bertz CT molecular complexity index is 882. The van der Waals surface area contributed by atoms with E-state index in [9.17, 15) is 24.6 Å². The number of phenols is 1. The maximum absolute atomic E-state index is 12.4. The lowest BCUT2D eigenvalue weighted by atomic mass is 9.99. The molecule has 1 aromatic carbocycles. The van der Waals surface area contributed by atoms with Crippen LogP contribution in [0.5, 0.6) is 11.5 Å². The number of aliphatic imine (C=N–C) groups is 1. The number of phenolic OH excluding ortho intramolecular Hbond substituents is 1. The number of carbonyl (C=O) groups is 3. The van der Waals surface area contributed by atoms with Crippen molar-refractivity contribution in [2.75, 3.05) is 39.4 Å². The number of hydrogen-bond donors (Lipinski definition) is 6. The zero-order valence-corrected chi connectivity index (χ0v) is 18.9. The lowest BCUT2D eigenvalue weighted by molar-refractivity contribution is -0.139. The number of aromatic hydroxyl groups is 1. The smallest absolute Gasteiger partial charge is 0.407 e. The van der Waals surface area contributed by atoms with Crippen LogP contribution in [-0.2, 0) is 9.53 Å². The molecule has 0 aliphatic carbocycles. The van der Waals surface area contributed by atoms with Crippen molar-refractivity contribution in [1.29, 1.82) is 0 Å². The van der Waals surface area contributed by atoms with E-state index in [1.807, 2.05) is 20.8 Å². The fraction of sp³-hybridized carbons (Fsp3) is 0.524. The number of aliphatic carboxylic acids is 1. The lowest BCUT2D eigenvalue weighted by Gasteiger charge is -2.20. The van der Waals surface area contributed by atoms with Crippen LogP contribution in [0.25, 0.3) is 0 Å². The van der Waals surface area contributed by atoms with Crippen LogP contribution in [-0.4, -0.2) is 79.6 Å². The van der Waals surface area contributed by atoms with Crippen LogP contribution in [0.1, 0.15) is 31.1 Å². The van der Waals surface area contributed by atoms with Crippen LogP contribution in [0.3, 0.4) is 0 Å². The molecule has 1 aliphatic rings. The molecular formula is C21H31N5O7. The number of amides is 2. The molecule has 1 heterocycles. The van der Waals surface area contributed by atoms with E-state index in [0.717, 1.165) is 13.1 Å². The van der Waals surface area contributed by atoms with Crippen LogP contribution in [0, 0.1) is 5.41 Å². The topological polar surface area (TPSA) is 171 Å². The number of carbonyl (C=O) groups excluding carboxylic acids is 2. The van der Waals surface area contributed by atoms with Crippen LogP contribution < -0.4 is 26.0 Å². The normalized spacial score (nSPS) is 13.8. The number of carboxylic acids is 1. The number of guanidine groups is 1. The third-order valence-corrected chi connectivity index (χ3v) is 4.24. The second kappa shape index (κ2) is 11.8. The summed E-state index contributed by atoms with van der Waals surface area (Å²) in [5.41, 5.74) is -0.347. The van der Waals surface area contributed by atoms with Crippen LogP contribution >= 0.6 is 0 Å². The molecule has 2 rings (SSSR count). The zero-order valence-electron chi connectivity index (χ0n) is 18.9. The summed E-state index contributed by atoms with van der Waals surface area (Å²) in [7, 11) is 0. The van der Waals surface area contributed by atoms with Gasteiger partial charge in [0, 0.05) is 19.2 Å². The Morgan fingerprint density at radius 3 is 2.64 bits per heavy atom. The summed E-state index contributed by atoms with van der Waals surface area (Å²) in [5.74, 6) is -1.31. The SMILES string of the molecule is CC(C)(C)COC(=O)N[C@@H](CNC(=O)c1ccc(OCCNC2=NCCN2)cc1O)C(=O)O. The van der Waals surface area contributed by atoms with Crippen molar-refractivity contribution in [2.24, 2.45) is 10.4 Å². The number of rotatable bonds is 10. The molecular weight excluding hydrogens is 434 g/mol. The number of carboxylic acid groups (broad SMARTS) is 1. The molecule has 6 N–H and O–H groups in total. The first-order valence-corrected chi connectivity index (χ1v) is 10.5. The molecule has 12 nitrogen and oxygen atoms in total. The predicted molar refractivity (Wildman–Crippen MR) is 120 cm³/mol. The van der Waals surface area contributed by atoms with Crippen molar-refractivity contribution >= 4 is 23.9 Å². The number of hydrogen-bond acceptors (Lipinski definition) is 9. The van der Waals surface area contributed by atoms with Crippen molar-refractivity contribution in [2.45, 2.75) is 26.8 Å². The highest BCUT2D eigenvalue weighted by molar-refractivity contribution is 5.97. The van der Waals surface area contributed by atoms with Crippen molar-refractivity contribution in [3.8, 4) is 11.5 Å². The van der Waals surface area contributed by atoms with Crippen molar-refractivity contribution < 1.29 is 34.1 Å². The van der Waals surface area contributed by atoms with Gasteiger partial charge in [-0.2, -0.15) is 0 Å². The largest absolute Gasteiger partial charge is 0.507 e. The van der Waals surface area contributed by atoms with Gasteiger partial charge in [0.25, 0.3) is 5.91 Å². The third kappa shape index (κ3) is 9.13. The summed E-state index contributed by atoms with van der Waals surface area (Å²) in [4.78, 5) is 39.8. The van der Waals surface area contributed by atoms with E-state index >= 15 is 0 Å². The number of nitrogens with one attached hydrogen (secondary N) is 4. The summed E-state index contributed by atoms with van der Waals surface area (Å²) in [5, 5.41) is 30.2. The van der Waals surface area contributed by atoms with Gasteiger partial charge >= 0.3 is 12.1 Å². The van der Waals surface area contributed by atoms with E-state index in [4.69, 9.17) is 9.47 Å². The molecule has 1 aromatic rings. The van der Waals surface area contributed by atoms with E-state index in [2.05, 4.69) is 26.3 Å². The molecule has 12 heteroatoms. The minimum absolute atomic E-state index is 0.0653. The first kappa shape index (κ1) is 25.6. The first-order chi connectivity index (χ1) is 15.5. The monoisotopic (exact) mass is 465 g/mol. The van der Waals surface area contributed by atoms with Crippen molar-refractivity contribution in [3.05, 3.63) is 23.8 Å². The summed E-state index contributed by atoms with van der Waals surface area (Å²) >= 11 is 0. The molecule has 0 radical (unpaired) electrons. The molecule has 0 fully saturated rings. The van der Waals surface area contributed by atoms with Gasteiger partial charge in [-0.25, -0.2) is 9.59 Å². The number of ether oxygens (including phenoxy) is 2. The minimum atomic E-state index is -1.40. The Balaban J connectivity index is 1.82. The Morgan fingerprint density at radius 1 is 1.27 bits per heavy atom. The highest BCUT2D eigenvalue weighted by atomic mass is 16.5. The predicted octanol–water partition coefficient (Wildman–Crippen LogP) is 0.275. The van der Waals surface area contributed by atoms with Gasteiger partial charge in [0.1, 0.15) is 24.1 Å². The maximum Gasteiger partial charge on any atom is 0.407 e. The molecule has 2 amide bonds. The molecule has 0 aromatic heterocycles. The van der Waals surface area contributed by atoms with E-state index in [1.165, 1.54) is 18.2 Å². The summed E-state index contributed by atoms with van der Waals surface area (Å²) in [6.07, 6.45) is -0.902. The molecule has 0 bridgehead atoms. The highest BCUT2D eigenvalue weighted by Gasteiger charge is 2.23. The van der Waals surface area contributed by atoms with Gasteiger partial charge in [-0.1, -0.05) is 20.8 Å². The third-order valence-electron chi connectivity index (χ3n) is 4.24. The van der Waals surface area contributed by atoms with Gasteiger partial charge < -0.3 is 41.0 Å². The van der Waals surface area contributed by atoms with Crippen LogP contribution in [0.15, 0.2) is 23.2 Å². The summed E-state index contributed by atoms with van der Waals surface area (Å²) < 4.78 is 10.5. The fourth-order valence-corrected chi connectivity index (χ4v) is 2.60. The average Bonchev–Trinajstić information content (AvgIpc) is 3.25. The average molecular weight is 466 g/mol. The van der Waals surface area contributed by atoms with E-state index in [-0.39, 0.29) is 23.3 Å². The standard InChI is InChI=1S/C21H31N5O7/c1-21(2,3)12-33-20(31)26-15(18(29)30)11-25-17(28)14-5-4-13(10-16(14)27)32-9-8-24-19-22-6-7-23-19/h4-5,10,15,27H,6-9,11-12H2,1-3H3,(H,25,28)(H,26,31)(H,29,30)(H2,22,23,24)/t15-/m0/s1. The maximum atomic E-state index is 12.4. The first-order valence-electron chi connectivity index (χ1n) is 10.5. The van der Waals surface area contributed by atoms with Gasteiger partial charge in [-0.15, -0.1) is 0 Å².